The Bertz CT molecular complexity index is 288. The van der Waals surface area contributed by atoms with Crippen molar-refractivity contribution in [2.75, 3.05) is 11.5 Å². The van der Waals surface area contributed by atoms with Crippen LogP contribution in [0.15, 0.2) is 11.0 Å². The second-order valence-electron chi connectivity index (χ2n) is 4.87. The van der Waals surface area contributed by atoms with Gasteiger partial charge >= 0.3 is 0 Å². The molecular weight excluding hydrogens is 224 g/mol. The summed E-state index contributed by atoms with van der Waals surface area (Å²) in [7, 11) is 0. The molecule has 0 bridgehead atoms. The quantitative estimate of drug-likeness (QED) is 0.762. The number of hydrogen-bond donors (Lipinski definition) is 1. The van der Waals surface area contributed by atoms with Crippen LogP contribution in [0, 0.1) is 0 Å². The third-order valence-electron chi connectivity index (χ3n) is 4.09. The molecule has 0 aromatic rings. The van der Waals surface area contributed by atoms with Gasteiger partial charge in [0.25, 0.3) is 0 Å². The fraction of sp³-hybridized carbons (Fsp3) is 0.833. The summed E-state index contributed by atoms with van der Waals surface area (Å²) < 4.78 is 0.191. The van der Waals surface area contributed by atoms with E-state index in [1.807, 2.05) is 23.5 Å². The average molecular weight is 242 g/mol. The minimum absolute atomic E-state index is 0.191. The summed E-state index contributed by atoms with van der Waals surface area (Å²) in [4.78, 5) is 1.30. The molecule has 3 aliphatic rings. The van der Waals surface area contributed by atoms with Crippen LogP contribution in [-0.4, -0.2) is 27.0 Å². The molecule has 2 fully saturated rings. The van der Waals surface area contributed by atoms with Gasteiger partial charge in [-0.2, -0.15) is 11.8 Å². The molecule has 2 unspecified atom stereocenters. The van der Waals surface area contributed by atoms with Crippen LogP contribution in [0.4, 0.5) is 0 Å². The van der Waals surface area contributed by atoms with Crippen molar-refractivity contribution < 1.29 is 5.11 Å². The summed E-state index contributed by atoms with van der Waals surface area (Å²) in [6, 6.07) is 0. The average Bonchev–Trinajstić information content (AvgIpc) is 2.94. The highest BCUT2D eigenvalue weighted by Crippen LogP contribution is 2.60. The van der Waals surface area contributed by atoms with Gasteiger partial charge in [0.1, 0.15) is 5.60 Å². The minimum Gasteiger partial charge on any atom is -0.383 e. The Morgan fingerprint density at radius 3 is 2.67 bits per heavy atom. The Labute approximate surface area is 100 Å². The molecule has 2 atom stereocenters. The van der Waals surface area contributed by atoms with Gasteiger partial charge in [0, 0.05) is 15.4 Å². The van der Waals surface area contributed by atoms with Gasteiger partial charge in [-0.1, -0.05) is 6.08 Å². The zero-order valence-electron chi connectivity index (χ0n) is 9.00. The van der Waals surface area contributed by atoms with Crippen LogP contribution < -0.4 is 0 Å². The van der Waals surface area contributed by atoms with E-state index in [1.54, 1.807) is 0 Å². The molecular formula is C12H18OS2. The lowest BCUT2D eigenvalue weighted by Crippen LogP contribution is -2.46. The van der Waals surface area contributed by atoms with Gasteiger partial charge in [-0.05, 0) is 44.3 Å². The van der Waals surface area contributed by atoms with E-state index in [0.29, 0.717) is 0 Å². The van der Waals surface area contributed by atoms with E-state index >= 15 is 0 Å². The topological polar surface area (TPSA) is 20.2 Å². The van der Waals surface area contributed by atoms with Crippen molar-refractivity contribution in [3.05, 3.63) is 11.0 Å². The van der Waals surface area contributed by atoms with Crippen LogP contribution in [0.25, 0.3) is 0 Å². The molecule has 1 saturated heterocycles. The smallest absolute Gasteiger partial charge is 0.110 e. The summed E-state index contributed by atoms with van der Waals surface area (Å²) >= 11 is 3.94. The largest absolute Gasteiger partial charge is 0.383 e. The molecule has 1 spiro atoms. The monoisotopic (exact) mass is 242 g/mol. The van der Waals surface area contributed by atoms with Crippen LogP contribution in [0.1, 0.15) is 38.5 Å². The molecule has 0 amide bonds. The maximum atomic E-state index is 11.0. The molecule has 2 heterocycles. The highest BCUT2D eigenvalue weighted by atomic mass is 32.2. The Morgan fingerprint density at radius 2 is 2.00 bits per heavy atom. The highest BCUT2D eigenvalue weighted by molar-refractivity contribution is 8.03. The van der Waals surface area contributed by atoms with E-state index in [1.165, 1.54) is 42.1 Å². The second kappa shape index (κ2) is 3.71. The number of rotatable bonds is 1. The molecule has 1 N–H and O–H groups in total. The van der Waals surface area contributed by atoms with Gasteiger partial charge in [-0.3, -0.25) is 0 Å². The Morgan fingerprint density at radius 1 is 1.13 bits per heavy atom. The summed E-state index contributed by atoms with van der Waals surface area (Å²) in [5.41, 5.74) is -0.463. The first-order chi connectivity index (χ1) is 7.27. The van der Waals surface area contributed by atoms with Crippen molar-refractivity contribution in [3.63, 3.8) is 0 Å². The van der Waals surface area contributed by atoms with E-state index in [9.17, 15) is 5.11 Å². The molecule has 1 nitrogen and oxygen atoms in total. The van der Waals surface area contributed by atoms with Gasteiger partial charge in [0.05, 0.1) is 0 Å². The number of thioether (sulfide) groups is 2. The number of allylic oxidation sites excluding steroid dienone is 1. The zero-order chi connectivity index (χ0) is 10.4. The number of hydrogen-bond acceptors (Lipinski definition) is 3. The van der Waals surface area contributed by atoms with Crippen LogP contribution in [0.5, 0.6) is 0 Å². The van der Waals surface area contributed by atoms with Crippen molar-refractivity contribution in [1.82, 2.24) is 0 Å². The highest BCUT2D eigenvalue weighted by Gasteiger charge is 2.57. The first kappa shape index (κ1) is 10.5. The Balaban J connectivity index is 1.95. The van der Waals surface area contributed by atoms with Gasteiger partial charge in [0.15, 0.2) is 0 Å². The molecule has 1 aliphatic carbocycles. The molecule has 3 rings (SSSR count). The van der Waals surface area contributed by atoms with E-state index in [-0.39, 0.29) is 4.75 Å². The van der Waals surface area contributed by atoms with Crippen molar-refractivity contribution in [2.45, 2.75) is 48.9 Å². The lowest BCUT2D eigenvalue weighted by atomic mass is 9.85. The van der Waals surface area contributed by atoms with Crippen LogP contribution in [-0.2, 0) is 0 Å². The van der Waals surface area contributed by atoms with Crippen molar-refractivity contribution in [1.29, 1.82) is 0 Å². The lowest BCUT2D eigenvalue weighted by Gasteiger charge is -2.39. The van der Waals surface area contributed by atoms with Gasteiger partial charge < -0.3 is 5.11 Å². The maximum Gasteiger partial charge on any atom is 0.110 e. The fourth-order valence-electron chi connectivity index (χ4n) is 3.34. The maximum absolute atomic E-state index is 11.0. The Kier molecular flexibility index (Phi) is 2.61. The normalized spacial score (nSPS) is 45.3. The SMILES string of the molecule is OC1(C2=CCCS2)CCCC12CCCS2. The predicted octanol–water partition coefficient (Wildman–Crippen LogP) is 3.19. The molecule has 15 heavy (non-hydrogen) atoms. The zero-order valence-corrected chi connectivity index (χ0v) is 10.6. The molecule has 84 valence electrons. The van der Waals surface area contributed by atoms with Gasteiger partial charge in [0.2, 0.25) is 0 Å². The van der Waals surface area contributed by atoms with Crippen LogP contribution >= 0.6 is 23.5 Å². The summed E-state index contributed by atoms with van der Waals surface area (Å²) in [5.74, 6) is 2.43. The Hall–Kier alpha value is 0.400. The lowest BCUT2D eigenvalue weighted by molar-refractivity contribution is 0.0631. The predicted molar refractivity (Wildman–Crippen MR) is 68.4 cm³/mol. The third kappa shape index (κ3) is 1.43. The number of aliphatic hydroxyl groups is 1. The molecule has 0 aromatic heterocycles. The molecule has 2 aliphatic heterocycles. The fourth-order valence-corrected chi connectivity index (χ4v) is 6.34. The third-order valence-corrected chi connectivity index (χ3v) is 7.14. The summed E-state index contributed by atoms with van der Waals surface area (Å²) in [6.45, 7) is 0. The van der Waals surface area contributed by atoms with Crippen molar-refractivity contribution in [3.8, 4) is 0 Å². The summed E-state index contributed by atoms with van der Waals surface area (Å²) in [6.07, 6.45) is 9.41. The first-order valence-corrected chi connectivity index (χ1v) is 7.94. The minimum atomic E-state index is -0.463. The molecule has 3 heteroatoms. The van der Waals surface area contributed by atoms with E-state index < -0.39 is 5.60 Å². The second-order valence-corrected chi connectivity index (χ2v) is 7.48. The van der Waals surface area contributed by atoms with Gasteiger partial charge in [-0.25, -0.2) is 0 Å². The summed E-state index contributed by atoms with van der Waals surface area (Å²) in [5, 5.41) is 11.0. The van der Waals surface area contributed by atoms with E-state index in [2.05, 4.69) is 6.08 Å². The van der Waals surface area contributed by atoms with Crippen molar-refractivity contribution in [2.24, 2.45) is 0 Å². The van der Waals surface area contributed by atoms with Crippen LogP contribution in [0.3, 0.4) is 0 Å². The van der Waals surface area contributed by atoms with Crippen molar-refractivity contribution >= 4 is 23.5 Å². The molecule has 1 saturated carbocycles. The van der Waals surface area contributed by atoms with E-state index in [4.69, 9.17) is 0 Å². The first-order valence-electron chi connectivity index (χ1n) is 5.97. The van der Waals surface area contributed by atoms with E-state index in [0.717, 1.165) is 12.8 Å². The standard InChI is InChI=1S/C12H18OS2/c13-12(10-4-1-8-14-10)7-2-5-11(12)6-3-9-15-11/h4,13H,1-3,5-9H2. The van der Waals surface area contributed by atoms with Gasteiger partial charge in [-0.15, -0.1) is 11.8 Å². The van der Waals surface area contributed by atoms with Crippen LogP contribution in [0.2, 0.25) is 0 Å². The molecule has 0 radical (unpaired) electrons. The molecule has 0 aromatic carbocycles.